The summed E-state index contributed by atoms with van der Waals surface area (Å²) in [6, 6.07) is 5.36. The van der Waals surface area contributed by atoms with Crippen LogP contribution in [0.5, 0.6) is 5.75 Å². The highest BCUT2D eigenvalue weighted by Gasteiger charge is 2.31. The fourth-order valence-corrected chi connectivity index (χ4v) is 2.69. The zero-order valence-electron chi connectivity index (χ0n) is 13.1. The third-order valence-corrected chi connectivity index (χ3v) is 4.02. The van der Waals surface area contributed by atoms with Crippen LogP contribution in [0.15, 0.2) is 18.2 Å². The first-order valence-electron chi connectivity index (χ1n) is 7.35. The van der Waals surface area contributed by atoms with Crippen molar-refractivity contribution in [2.75, 3.05) is 20.2 Å². The molecule has 2 atom stereocenters. The van der Waals surface area contributed by atoms with Crippen molar-refractivity contribution in [2.45, 2.75) is 26.3 Å². The molecule has 6 heteroatoms. The van der Waals surface area contributed by atoms with Crippen molar-refractivity contribution >= 4 is 12.0 Å². The topological polar surface area (TPSA) is 78.9 Å². The molecule has 0 aromatic heterocycles. The average Bonchev–Trinajstić information content (AvgIpc) is 2.97. The number of carboxylic acids is 1. The highest BCUT2D eigenvalue weighted by molar-refractivity contribution is 5.77. The number of carbonyl (C=O) groups is 2. The summed E-state index contributed by atoms with van der Waals surface area (Å²) in [6.45, 7) is 4.61. The van der Waals surface area contributed by atoms with Crippen LogP contribution in [0.1, 0.15) is 30.5 Å². The number of amides is 2. The second-order valence-corrected chi connectivity index (χ2v) is 5.69. The van der Waals surface area contributed by atoms with Gasteiger partial charge < -0.3 is 20.1 Å². The van der Waals surface area contributed by atoms with E-state index in [1.165, 1.54) is 0 Å². The molecular formula is C16H22N2O4. The van der Waals surface area contributed by atoms with E-state index < -0.39 is 11.9 Å². The second kappa shape index (κ2) is 6.68. The number of aliphatic carboxylic acids is 1. The molecule has 0 spiro atoms. The van der Waals surface area contributed by atoms with Gasteiger partial charge in [-0.05, 0) is 26.3 Å². The van der Waals surface area contributed by atoms with E-state index in [0.717, 1.165) is 16.9 Å². The Balaban J connectivity index is 2.03. The van der Waals surface area contributed by atoms with Gasteiger partial charge in [0.25, 0.3) is 0 Å². The lowest BCUT2D eigenvalue weighted by molar-refractivity contribution is -0.141. The van der Waals surface area contributed by atoms with Crippen molar-refractivity contribution in [2.24, 2.45) is 5.92 Å². The maximum Gasteiger partial charge on any atom is 0.317 e. The number of aryl methyl sites for hydroxylation is 1. The molecule has 1 aromatic rings. The SMILES string of the molecule is COc1ccc(C)cc1[C@H](C)NC(=O)N1CCC(C(=O)O)C1. The van der Waals surface area contributed by atoms with Crippen LogP contribution in [0.25, 0.3) is 0 Å². The van der Waals surface area contributed by atoms with Crippen molar-refractivity contribution in [3.05, 3.63) is 29.3 Å². The van der Waals surface area contributed by atoms with Crippen LogP contribution in [-0.2, 0) is 4.79 Å². The van der Waals surface area contributed by atoms with E-state index in [1.807, 2.05) is 32.0 Å². The van der Waals surface area contributed by atoms with Gasteiger partial charge in [-0.25, -0.2) is 4.79 Å². The third kappa shape index (κ3) is 3.50. The molecule has 1 unspecified atom stereocenters. The normalized spacial score (nSPS) is 18.9. The van der Waals surface area contributed by atoms with Crippen LogP contribution in [0.3, 0.4) is 0 Å². The van der Waals surface area contributed by atoms with Gasteiger partial charge in [-0.3, -0.25) is 4.79 Å². The van der Waals surface area contributed by atoms with Gasteiger partial charge in [0.2, 0.25) is 0 Å². The van der Waals surface area contributed by atoms with Gasteiger partial charge in [0, 0.05) is 18.7 Å². The molecule has 1 saturated heterocycles. The summed E-state index contributed by atoms with van der Waals surface area (Å²) in [6.07, 6.45) is 0.505. The molecular weight excluding hydrogens is 284 g/mol. The van der Waals surface area contributed by atoms with E-state index >= 15 is 0 Å². The quantitative estimate of drug-likeness (QED) is 0.893. The molecule has 1 aliphatic heterocycles. The third-order valence-electron chi connectivity index (χ3n) is 4.02. The van der Waals surface area contributed by atoms with E-state index in [-0.39, 0.29) is 18.6 Å². The minimum atomic E-state index is -0.844. The van der Waals surface area contributed by atoms with Crippen molar-refractivity contribution in [3.63, 3.8) is 0 Å². The van der Waals surface area contributed by atoms with Crippen LogP contribution in [0.4, 0.5) is 4.79 Å². The lowest BCUT2D eigenvalue weighted by Gasteiger charge is -2.22. The molecule has 22 heavy (non-hydrogen) atoms. The molecule has 0 radical (unpaired) electrons. The molecule has 2 rings (SSSR count). The number of nitrogens with one attached hydrogen (secondary N) is 1. The number of likely N-dealkylation sites (tertiary alicyclic amines) is 1. The number of ether oxygens (including phenoxy) is 1. The Hall–Kier alpha value is -2.24. The molecule has 0 bridgehead atoms. The number of benzene rings is 1. The predicted molar refractivity (Wildman–Crippen MR) is 82.0 cm³/mol. The maximum absolute atomic E-state index is 12.3. The highest BCUT2D eigenvalue weighted by atomic mass is 16.5. The van der Waals surface area contributed by atoms with Crippen molar-refractivity contribution in [1.29, 1.82) is 0 Å². The van der Waals surface area contributed by atoms with Gasteiger partial charge in [0.05, 0.1) is 19.1 Å². The van der Waals surface area contributed by atoms with E-state index in [9.17, 15) is 9.59 Å². The van der Waals surface area contributed by atoms with Crippen LogP contribution < -0.4 is 10.1 Å². The molecule has 0 saturated carbocycles. The first-order valence-corrected chi connectivity index (χ1v) is 7.35. The molecule has 1 aliphatic rings. The number of methoxy groups -OCH3 is 1. The van der Waals surface area contributed by atoms with Gasteiger partial charge in [0.15, 0.2) is 0 Å². The van der Waals surface area contributed by atoms with Gasteiger partial charge in [-0.2, -0.15) is 0 Å². The molecule has 2 amide bonds. The molecule has 6 nitrogen and oxygen atoms in total. The van der Waals surface area contributed by atoms with Gasteiger partial charge in [-0.1, -0.05) is 17.7 Å². The lowest BCUT2D eigenvalue weighted by Crippen LogP contribution is -2.40. The number of hydrogen-bond acceptors (Lipinski definition) is 3. The number of rotatable bonds is 4. The van der Waals surface area contributed by atoms with Gasteiger partial charge >= 0.3 is 12.0 Å². The standard InChI is InChI=1S/C16H22N2O4/c1-10-4-5-14(22-3)13(8-10)11(2)17-16(21)18-7-6-12(9-18)15(19)20/h4-5,8,11-12H,6-7,9H2,1-3H3,(H,17,21)(H,19,20)/t11-,12?/m0/s1. The number of carboxylic acid groups (broad SMARTS) is 1. The fourth-order valence-electron chi connectivity index (χ4n) is 2.69. The van der Waals surface area contributed by atoms with Crippen molar-refractivity contribution in [3.8, 4) is 5.75 Å². The summed E-state index contributed by atoms with van der Waals surface area (Å²) < 4.78 is 5.33. The van der Waals surface area contributed by atoms with E-state index in [4.69, 9.17) is 9.84 Å². The van der Waals surface area contributed by atoms with E-state index in [1.54, 1.807) is 12.0 Å². The maximum atomic E-state index is 12.3. The highest BCUT2D eigenvalue weighted by Crippen LogP contribution is 2.26. The molecule has 1 heterocycles. The van der Waals surface area contributed by atoms with Crippen LogP contribution >= 0.6 is 0 Å². The minimum Gasteiger partial charge on any atom is -0.496 e. The van der Waals surface area contributed by atoms with Crippen molar-refractivity contribution in [1.82, 2.24) is 10.2 Å². The Kier molecular flexibility index (Phi) is 4.90. The Labute approximate surface area is 130 Å². The average molecular weight is 306 g/mol. The summed E-state index contributed by atoms with van der Waals surface area (Å²) in [5, 5.41) is 11.9. The monoisotopic (exact) mass is 306 g/mol. The minimum absolute atomic E-state index is 0.216. The fraction of sp³-hybridized carbons (Fsp3) is 0.500. The zero-order valence-corrected chi connectivity index (χ0v) is 13.1. The summed E-state index contributed by atoms with van der Waals surface area (Å²) in [5.41, 5.74) is 1.99. The van der Waals surface area contributed by atoms with Crippen LogP contribution in [-0.4, -0.2) is 42.2 Å². The first kappa shape index (κ1) is 16.1. The van der Waals surface area contributed by atoms with Crippen LogP contribution in [0.2, 0.25) is 0 Å². The summed E-state index contributed by atoms with van der Waals surface area (Å²) >= 11 is 0. The Morgan fingerprint density at radius 3 is 2.77 bits per heavy atom. The van der Waals surface area contributed by atoms with Crippen molar-refractivity contribution < 1.29 is 19.4 Å². The summed E-state index contributed by atoms with van der Waals surface area (Å²) in [7, 11) is 1.60. The second-order valence-electron chi connectivity index (χ2n) is 5.69. The predicted octanol–water partition coefficient (Wildman–Crippen LogP) is 2.18. The number of carbonyl (C=O) groups excluding carboxylic acids is 1. The molecule has 1 aromatic carbocycles. The Bertz CT molecular complexity index is 573. The first-order chi connectivity index (χ1) is 10.4. The largest absolute Gasteiger partial charge is 0.496 e. The number of nitrogens with zero attached hydrogens (tertiary/aromatic N) is 1. The van der Waals surface area contributed by atoms with Gasteiger partial charge in [-0.15, -0.1) is 0 Å². The summed E-state index contributed by atoms with van der Waals surface area (Å²) in [5.74, 6) is -0.582. The Morgan fingerprint density at radius 1 is 1.45 bits per heavy atom. The molecule has 0 aliphatic carbocycles. The molecule has 120 valence electrons. The van der Waals surface area contributed by atoms with E-state index in [0.29, 0.717) is 13.0 Å². The smallest absolute Gasteiger partial charge is 0.317 e. The molecule has 2 N–H and O–H groups in total. The number of urea groups is 1. The summed E-state index contributed by atoms with van der Waals surface area (Å²) in [4.78, 5) is 24.8. The lowest BCUT2D eigenvalue weighted by atomic mass is 10.0. The zero-order chi connectivity index (χ0) is 16.3. The van der Waals surface area contributed by atoms with Crippen LogP contribution in [0, 0.1) is 12.8 Å². The van der Waals surface area contributed by atoms with Gasteiger partial charge in [0.1, 0.15) is 5.75 Å². The number of hydrogen-bond donors (Lipinski definition) is 2. The molecule has 1 fully saturated rings. The Morgan fingerprint density at radius 2 is 2.18 bits per heavy atom. The van der Waals surface area contributed by atoms with E-state index in [2.05, 4.69) is 5.32 Å².